The first-order valence-corrected chi connectivity index (χ1v) is 23.0. The van der Waals surface area contributed by atoms with Gasteiger partial charge in [-0.1, -0.05) is 178 Å². The van der Waals surface area contributed by atoms with E-state index >= 15 is 8.78 Å². The summed E-state index contributed by atoms with van der Waals surface area (Å²) in [5.41, 5.74) is 21.2. The molecule has 0 saturated heterocycles. The maximum Gasteiger partial charge on any atom is 0.123 e. The van der Waals surface area contributed by atoms with Crippen molar-refractivity contribution >= 4 is 17.1 Å². The molecule has 0 bridgehead atoms. The van der Waals surface area contributed by atoms with E-state index in [1.165, 1.54) is 34.4 Å². The third-order valence-corrected chi connectivity index (χ3v) is 14.8. The highest BCUT2D eigenvalue weighted by Gasteiger charge is 2.53. The molecule has 0 atom stereocenters. The number of para-hydroxylation sites is 1. The molecular formula is C64H43F2N. The Balaban J connectivity index is 1.05. The van der Waals surface area contributed by atoms with Crippen LogP contribution in [0.5, 0.6) is 0 Å². The van der Waals surface area contributed by atoms with Crippen LogP contribution in [-0.2, 0) is 10.8 Å². The molecule has 13 rings (SSSR count). The first kappa shape index (κ1) is 39.2. The molecule has 1 nitrogen and oxygen atoms in total. The van der Waals surface area contributed by atoms with Crippen LogP contribution >= 0.6 is 0 Å². The second kappa shape index (κ2) is 14.7. The van der Waals surface area contributed by atoms with Gasteiger partial charge in [0.15, 0.2) is 0 Å². The summed E-state index contributed by atoms with van der Waals surface area (Å²) in [6.07, 6.45) is 0. The van der Waals surface area contributed by atoms with Crippen LogP contribution in [0.3, 0.4) is 0 Å². The second-order valence-electron chi connectivity index (χ2n) is 18.7. The van der Waals surface area contributed by atoms with E-state index in [9.17, 15) is 0 Å². The minimum atomic E-state index is -0.972. The predicted octanol–water partition coefficient (Wildman–Crippen LogP) is 17.1. The van der Waals surface area contributed by atoms with Gasteiger partial charge in [-0.3, -0.25) is 0 Å². The van der Waals surface area contributed by atoms with E-state index in [4.69, 9.17) is 0 Å². The van der Waals surface area contributed by atoms with Crippen molar-refractivity contribution in [3.8, 4) is 66.8 Å². The average Bonchev–Trinajstić information content (AvgIpc) is 3.83. The molecule has 0 saturated carbocycles. The molecule has 3 aliphatic rings. The van der Waals surface area contributed by atoms with Gasteiger partial charge < -0.3 is 4.90 Å². The zero-order chi connectivity index (χ0) is 45.0. The predicted molar refractivity (Wildman–Crippen MR) is 271 cm³/mol. The smallest absolute Gasteiger partial charge is 0.123 e. The Kier molecular flexibility index (Phi) is 8.60. The van der Waals surface area contributed by atoms with Gasteiger partial charge >= 0.3 is 0 Å². The molecule has 1 aliphatic heterocycles. The third-order valence-electron chi connectivity index (χ3n) is 14.8. The molecule has 0 radical (unpaired) electrons. The van der Waals surface area contributed by atoms with Gasteiger partial charge in [-0.2, -0.15) is 0 Å². The number of nitrogens with zero attached hydrogens (tertiary/aromatic N) is 1. The SMILES string of the molecule is CC1(C)c2ccccc2N(c2ccc(-c3ccc4c(c3)C3(c5cc(F)ccc5-c5ccc(F)cc53)c3cccc(-c5ccccc5)c3-4)c(-c3ccccc3)c2)c2ccc(-c3ccccc3)cc21. The maximum absolute atomic E-state index is 15.8. The van der Waals surface area contributed by atoms with Crippen LogP contribution in [0.2, 0.25) is 0 Å². The summed E-state index contributed by atoms with van der Waals surface area (Å²) in [5.74, 6) is -0.640. The molecule has 0 fully saturated rings. The van der Waals surface area contributed by atoms with Crippen molar-refractivity contribution in [2.75, 3.05) is 4.90 Å². The highest BCUT2D eigenvalue weighted by atomic mass is 19.1. The van der Waals surface area contributed by atoms with Gasteiger partial charge in [-0.25, -0.2) is 8.78 Å². The van der Waals surface area contributed by atoms with Gasteiger partial charge in [0.05, 0.1) is 16.8 Å². The summed E-state index contributed by atoms with van der Waals surface area (Å²) in [7, 11) is 0. The summed E-state index contributed by atoms with van der Waals surface area (Å²) in [5, 5.41) is 0. The summed E-state index contributed by atoms with van der Waals surface area (Å²) in [4.78, 5) is 2.43. The highest BCUT2D eigenvalue weighted by Crippen LogP contribution is 2.65. The monoisotopic (exact) mass is 863 g/mol. The normalized spacial score (nSPS) is 14.2. The van der Waals surface area contributed by atoms with E-state index in [2.05, 4.69) is 201 Å². The second-order valence-corrected chi connectivity index (χ2v) is 18.7. The number of hydrogen-bond donors (Lipinski definition) is 0. The zero-order valence-electron chi connectivity index (χ0n) is 37.1. The number of rotatable bonds is 5. The van der Waals surface area contributed by atoms with Crippen LogP contribution in [0, 0.1) is 11.6 Å². The molecule has 2 aliphatic carbocycles. The molecule has 0 N–H and O–H groups in total. The van der Waals surface area contributed by atoms with Crippen molar-refractivity contribution in [3.05, 3.63) is 269 Å². The summed E-state index contributed by atoms with van der Waals surface area (Å²) < 4.78 is 31.6. The van der Waals surface area contributed by atoms with E-state index in [1.807, 2.05) is 18.2 Å². The van der Waals surface area contributed by atoms with E-state index in [-0.39, 0.29) is 17.0 Å². The van der Waals surface area contributed by atoms with Gasteiger partial charge in [0.2, 0.25) is 0 Å². The van der Waals surface area contributed by atoms with Gasteiger partial charge in [0.25, 0.3) is 0 Å². The minimum Gasteiger partial charge on any atom is -0.310 e. The van der Waals surface area contributed by atoms with Crippen LogP contribution in [0.4, 0.5) is 25.8 Å². The Hall–Kier alpha value is -8.14. The Morgan fingerprint density at radius 1 is 0.313 bits per heavy atom. The van der Waals surface area contributed by atoms with Crippen LogP contribution < -0.4 is 4.90 Å². The Labute approximate surface area is 389 Å². The van der Waals surface area contributed by atoms with Crippen LogP contribution in [0.1, 0.15) is 47.2 Å². The molecule has 67 heavy (non-hydrogen) atoms. The molecule has 1 heterocycles. The van der Waals surface area contributed by atoms with E-state index in [0.717, 1.165) is 95.0 Å². The Bertz CT molecular complexity index is 3580. The summed E-state index contributed by atoms with van der Waals surface area (Å²) >= 11 is 0. The molecule has 10 aromatic carbocycles. The Morgan fingerprint density at radius 3 is 1.52 bits per heavy atom. The van der Waals surface area contributed by atoms with E-state index < -0.39 is 5.41 Å². The standard InChI is InChI=1S/C64H43F2N/c1-63(2)54-22-12-13-24-60(54)67(61-34-26-43(35-59(61)63)40-15-6-3-7-16-40)47-29-33-48(53(39-47)42-19-10-5-11-20-42)44-25-30-52-56(36-44)64(55-23-14-21-49(62(52)55)41-17-8-4-9-18-41)57-37-45(65)27-31-50(57)51-32-28-46(66)38-58(51)64/h3-39H,1-2H3. The highest BCUT2D eigenvalue weighted by molar-refractivity contribution is 6.01. The number of halogens is 2. The lowest BCUT2D eigenvalue weighted by Gasteiger charge is -2.42. The molecule has 3 heteroatoms. The fraction of sp³-hybridized carbons (Fsp3) is 0.0625. The van der Waals surface area contributed by atoms with Crippen molar-refractivity contribution < 1.29 is 8.78 Å². The molecular weight excluding hydrogens is 821 g/mol. The first-order chi connectivity index (χ1) is 32.8. The number of anilines is 3. The average molecular weight is 864 g/mol. The van der Waals surface area contributed by atoms with Crippen molar-refractivity contribution in [1.82, 2.24) is 0 Å². The van der Waals surface area contributed by atoms with Crippen LogP contribution in [0.15, 0.2) is 224 Å². The number of benzene rings is 10. The minimum absolute atomic E-state index is 0.253. The van der Waals surface area contributed by atoms with Crippen molar-refractivity contribution in [3.63, 3.8) is 0 Å². The Morgan fingerprint density at radius 2 is 0.836 bits per heavy atom. The quantitative estimate of drug-likeness (QED) is 0.167. The third kappa shape index (κ3) is 5.71. The lowest BCUT2D eigenvalue weighted by Crippen LogP contribution is -2.30. The lowest BCUT2D eigenvalue weighted by atomic mass is 9.70. The molecule has 0 unspecified atom stereocenters. The van der Waals surface area contributed by atoms with E-state index in [0.29, 0.717) is 0 Å². The van der Waals surface area contributed by atoms with Crippen molar-refractivity contribution in [2.45, 2.75) is 24.7 Å². The van der Waals surface area contributed by atoms with Crippen molar-refractivity contribution in [1.29, 1.82) is 0 Å². The zero-order valence-corrected chi connectivity index (χ0v) is 37.1. The van der Waals surface area contributed by atoms with Gasteiger partial charge in [0.1, 0.15) is 11.6 Å². The van der Waals surface area contributed by atoms with Crippen LogP contribution in [-0.4, -0.2) is 0 Å². The number of fused-ring (bicyclic) bond motifs is 12. The molecule has 318 valence electrons. The molecule has 1 spiro atoms. The lowest BCUT2D eigenvalue weighted by molar-refractivity contribution is 0.618. The maximum atomic E-state index is 15.8. The van der Waals surface area contributed by atoms with Crippen LogP contribution in [0.25, 0.3) is 66.8 Å². The van der Waals surface area contributed by atoms with E-state index in [1.54, 1.807) is 12.1 Å². The van der Waals surface area contributed by atoms with Gasteiger partial charge in [0, 0.05) is 11.1 Å². The molecule has 0 aromatic heterocycles. The first-order valence-electron chi connectivity index (χ1n) is 23.0. The topological polar surface area (TPSA) is 3.24 Å². The van der Waals surface area contributed by atoms with Crippen molar-refractivity contribution in [2.24, 2.45) is 0 Å². The fourth-order valence-electron chi connectivity index (χ4n) is 11.8. The summed E-state index contributed by atoms with van der Waals surface area (Å²) in [6.45, 7) is 4.67. The van der Waals surface area contributed by atoms with Gasteiger partial charge in [-0.15, -0.1) is 0 Å². The molecule has 10 aromatic rings. The largest absolute Gasteiger partial charge is 0.310 e. The molecule has 0 amide bonds. The van der Waals surface area contributed by atoms with Gasteiger partial charge in [-0.05, 0) is 161 Å². The number of hydrogen-bond acceptors (Lipinski definition) is 1. The summed E-state index contributed by atoms with van der Waals surface area (Å²) in [6, 6.07) is 77.6. The fourth-order valence-corrected chi connectivity index (χ4v) is 11.8.